The predicted molar refractivity (Wildman–Crippen MR) is 72.1 cm³/mol. The zero-order valence-electron chi connectivity index (χ0n) is 11.7. The van der Waals surface area contributed by atoms with Crippen LogP contribution in [0.25, 0.3) is 0 Å². The number of methoxy groups -OCH3 is 1. The SMILES string of the molecule is COC(=O)[C@H]1C[C@@H](O)CCN1Cc1nc(C)ccc1O. The standard InChI is InChI=1S/C14H20N2O4/c1-9-3-4-13(18)11(15-9)8-16-6-5-10(17)7-12(16)14(19)20-2/h3-4,10,12,17-18H,5-8H2,1-2H3/t10-,12+/m0/s1. The molecule has 2 heterocycles. The highest BCUT2D eigenvalue weighted by Gasteiger charge is 2.34. The number of hydrogen-bond donors (Lipinski definition) is 2. The minimum absolute atomic E-state index is 0.116. The molecular formula is C14H20N2O4. The lowest BCUT2D eigenvalue weighted by Crippen LogP contribution is -2.48. The number of aliphatic hydroxyl groups is 1. The molecule has 0 aliphatic carbocycles. The van der Waals surface area contributed by atoms with Gasteiger partial charge in [0.2, 0.25) is 0 Å². The molecule has 1 aliphatic heterocycles. The number of pyridine rings is 1. The van der Waals surface area contributed by atoms with E-state index in [1.807, 2.05) is 11.8 Å². The third-order valence-electron chi connectivity index (χ3n) is 3.60. The van der Waals surface area contributed by atoms with E-state index < -0.39 is 12.1 Å². The summed E-state index contributed by atoms with van der Waals surface area (Å²) >= 11 is 0. The molecular weight excluding hydrogens is 260 g/mol. The van der Waals surface area contributed by atoms with E-state index >= 15 is 0 Å². The van der Waals surface area contributed by atoms with Crippen molar-refractivity contribution in [1.29, 1.82) is 0 Å². The maximum Gasteiger partial charge on any atom is 0.323 e. The second-order valence-corrected chi connectivity index (χ2v) is 5.11. The fourth-order valence-corrected chi connectivity index (χ4v) is 2.48. The Morgan fingerprint density at radius 3 is 3.00 bits per heavy atom. The van der Waals surface area contributed by atoms with Gasteiger partial charge in [-0.1, -0.05) is 0 Å². The lowest BCUT2D eigenvalue weighted by Gasteiger charge is -2.35. The van der Waals surface area contributed by atoms with Crippen LogP contribution in [-0.2, 0) is 16.1 Å². The van der Waals surface area contributed by atoms with Gasteiger partial charge in [-0.3, -0.25) is 14.7 Å². The Labute approximate surface area is 118 Å². The van der Waals surface area contributed by atoms with Gasteiger partial charge in [0.05, 0.1) is 18.9 Å². The molecule has 0 bridgehead atoms. The van der Waals surface area contributed by atoms with Crippen LogP contribution in [-0.4, -0.2) is 51.9 Å². The third kappa shape index (κ3) is 3.26. The highest BCUT2D eigenvalue weighted by atomic mass is 16.5. The van der Waals surface area contributed by atoms with E-state index in [-0.39, 0.29) is 11.7 Å². The maximum absolute atomic E-state index is 11.8. The van der Waals surface area contributed by atoms with Crippen molar-refractivity contribution in [1.82, 2.24) is 9.88 Å². The smallest absolute Gasteiger partial charge is 0.323 e. The quantitative estimate of drug-likeness (QED) is 0.789. The summed E-state index contributed by atoms with van der Waals surface area (Å²) in [6, 6.07) is 2.84. The Morgan fingerprint density at radius 2 is 2.30 bits per heavy atom. The van der Waals surface area contributed by atoms with Crippen molar-refractivity contribution in [2.75, 3.05) is 13.7 Å². The summed E-state index contributed by atoms with van der Waals surface area (Å²) in [7, 11) is 1.34. The van der Waals surface area contributed by atoms with Crippen LogP contribution in [0.15, 0.2) is 12.1 Å². The molecule has 0 unspecified atom stereocenters. The number of carbonyl (C=O) groups is 1. The van der Waals surface area contributed by atoms with Crippen LogP contribution in [0.1, 0.15) is 24.2 Å². The second kappa shape index (κ2) is 6.19. The Hall–Kier alpha value is -1.66. The van der Waals surface area contributed by atoms with E-state index in [0.29, 0.717) is 31.6 Å². The van der Waals surface area contributed by atoms with Gasteiger partial charge < -0.3 is 14.9 Å². The topological polar surface area (TPSA) is 82.9 Å². The minimum atomic E-state index is -0.495. The molecule has 6 nitrogen and oxygen atoms in total. The number of aryl methyl sites for hydroxylation is 1. The highest BCUT2D eigenvalue weighted by Crippen LogP contribution is 2.24. The second-order valence-electron chi connectivity index (χ2n) is 5.11. The van der Waals surface area contributed by atoms with Crippen LogP contribution in [0.5, 0.6) is 5.75 Å². The van der Waals surface area contributed by atoms with Gasteiger partial charge in [0.1, 0.15) is 11.8 Å². The highest BCUT2D eigenvalue weighted by molar-refractivity contribution is 5.75. The Morgan fingerprint density at radius 1 is 1.55 bits per heavy atom. The average molecular weight is 280 g/mol. The van der Waals surface area contributed by atoms with Crippen LogP contribution < -0.4 is 0 Å². The molecule has 1 aromatic rings. The summed E-state index contributed by atoms with van der Waals surface area (Å²) in [5, 5.41) is 19.6. The van der Waals surface area contributed by atoms with Gasteiger partial charge in [-0.25, -0.2) is 0 Å². The van der Waals surface area contributed by atoms with Crippen molar-refractivity contribution < 1.29 is 19.7 Å². The van der Waals surface area contributed by atoms with Crippen molar-refractivity contribution in [2.45, 2.75) is 38.5 Å². The van der Waals surface area contributed by atoms with Crippen LogP contribution in [0, 0.1) is 6.92 Å². The molecule has 110 valence electrons. The zero-order chi connectivity index (χ0) is 14.7. The number of ether oxygens (including phenoxy) is 1. The van der Waals surface area contributed by atoms with Crippen LogP contribution in [0.3, 0.4) is 0 Å². The molecule has 20 heavy (non-hydrogen) atoms. The van der Waals surface area contributed by atoms with Gasteiger partial charge >= 0.3 is 5.97 Å². The Balaban J connectivity index is 2.17. The minimum Gasteiger partial charge on any atom is -0.506 e. The summed E-state index contributed by atoms with van der Waals surface area (Å²) in [4.78, 5) is 18.0. The molecule has 6 heteroatoms. The van der Waals surface area contributed by atoms with Crippen LogP contribution in [0.4, 0.5) is 0 Å². The van der Waals surface area contributed by atoms with Crippen molar-refractivity contribution >= 4 is 5.97 Å². The first-order valence-electron chi connectivity index (χ1n) is 6.66. The number of esters is 1. The fraction of sp³-hybridized carbons (Fsp3) is 0.571. The molecule has 0 spiro atoms. The molecule has 2 atom stereocenters. The number of aromatic hydroxyl groups is 1. The molecule has 2 rings (SSSR count). The number of aliphatic hydroxyl groups excluding tert-OH is 1. The monoisotopic (exact) mass is 280 g/mol. The molecule has 0 saturated carbocycles. The first-order chi connectivity index (χ1) is 9.51. The van der Waals surface area contributed by atoms with Gasteiger partial charge in [0.25, 0.3) is 0 Å². The van der Waals surface area contributed by atoms with Crippen LogP contribution >= 0.6 is 0 Å². The summed E-state index contributed by atoms with van der Waals surface area (Å²) in [6.07, 6.45) is 0.452. The molecule has 0 amide bonds. The largest absolute Gasteiger partial charge is 0.506 e. The summed E-state index contributed by atoms with van der Waals surface area (Å²) in [6.45, 7) is 2.77. The zero-order valence-corrected chi connectivity index (χ0v) is 11.7. The van der Waals surface area contributed by atoms with Gasteiger partial charge in [-0.2, -0.15) is 0 Å². The lowest BCUT2D eigenvalue weighted by atomic mass is 9.99. The average Bonchev–Trinajstić information content (AvgIpc) is 2.43. The van der Waals surface area contributed by atoms with E-state index in [1.54, 1.807) is 12.1 Å². The Kier molecular flexibility index (Phi) is 4.57. The summed E-state index contributed by atoms with van der Waals surface area (Å²) in [5.74, 6) is -0.249. The van der Waals surface area contributed by atoms with Crippen molar-refractivity contribution in [3.63, 3.8) is 0 Å². The number of piperidine rings is 1. The van der Waals surface area contributed by atoms with Crippen LogP contribution in [0.2, 0.25) is 0 Å². The van der Waals surface area contributed by atoms with Crippen molar-refractivity contribution in [3.05, 3.63) is 23.5 Å². The van der Waals surface area contributed by atoms with Gasteiger partial charge in [0.15, 0.2) is 0 Å². The number of nitrogens with zero attached hydrogens (tertiary/aromatic N) is 2. The first-order valence-corrected chi connectivity index (χ1v) is 6.66. The Bertz CT molecular complexity index is 492. The first kappa shape index (κ1) is 14.7. The maximum atomic E-state index is 11.8. The molecule has 0 radical (unpaired) electrons. The number of carbonyl (C=O) groups excluding carboxylic acids is 1. The van der Waals surface area contributed by atoms with Crippen molar-refractivity contribution in [2.24, 2.45) is 0 Å². The molecule has 1 aliphatic rings. The lowest BCUT2D eigenvalue weighted by molar-refractivity contribution is -0.150. The number of likely N-dealkylation sites (tertiary alicyclic amines) is 1. The number of rotatable bonds is 3. The molecule has 1 saturated heterocycles. The van der Waals surface area contributed by atoms with Gasteiger partial charge in [-0.05, 0) is 31.9 Å². The van der Waals surface area contributed by atoms with E-state index in [1.165, 1.54) is 7.11 Å². The van der Waals surface area contributed by atoms with E-state index in [0.717, 1.165) is 5.69 Å². The van der Waals surface area contributed by atoms with E-state index in [4.69, 9.17) is 4.74 Å². The summed E-state index contributed by atoms with van der Waals surface area (Å²) < 4.78 is 4.79. The normalized spacial score (nSPS) is 23.6. The number of aromatic nitrogens is 1. The molecule has 1 fully saturated rings. The molecule has 1 aromatic heterocycles. The van der Waals surface area contributed by atoms with E-state index in [2.05, 4.69) is 4.98 Å². The molecule has 0 aromatic carbocycles. The molecule has 2 N–H and O–H groups in total. The van der Waals surface area contributed by atoms with Gasteiger partial charge in [-0.15, -0.1) is 0 Å². The number of hydrogen-bond acceptors (Lipinski definition) is 6. The third-order valence-corrected chi connectivity index (χ3v) is 3.60. The summed E-state index contributed by atoms with van der Waals surface area (Å²) in [5.41, 5.74) is 1.35. The predicted octanol–water partition coefficient (Wildman–Crippen LogP) is 0.594. The fourth-order valence-electron chi connectivity index (χ4n) is 2.48. The van der Waals surface area contributed by atoms with Gasteiger partial charge in [0, 0.05) is 18.8 Å². The van der Waals surface area contributed by atoms with Crippen molar-refractivity contribution in [3.8, 4) is 5.75 Å². The van der Waals surface area contributed by atoms with E-state index in [9.17, 15) is 15.0 Å².